The van der Waals surface area contributed by atoms with Crippen molar-refractivity contribution in [3.63, 3.8) is 0 Å². The third-order valence-electron chi connectivity index (χ3n) is 0. The van der Waals surface area contributed by atoms with Crippen molar-refractivity contribution in [2.45, 2.75) is 7.43 Å². The minimum absolute atomic E-state index is 0. The van der Waals surface area contributed by atoms with Crippen LogP contribution in [-0.4, -0.2) is 0 Å². The van der Waals surface area contributed by atoms with E-state index in [9.17, 15) is 0 Å². The fourth-order valence-electron chi connectivity index (χ4n) is 0. The van der Waals surface area contributed by atoms with Gasteiger partial charge in [0.15, 0.2) is 0 Å². The Balaban J connectivity index is -0.0000000800. The van der Waals surface area contributed by atoms with E-state index in [4.69, 9.17) is 18.6 Å². The van der Waals surface area contributed by atoms with Crippen LogP contribution in [0.4, 0.5) is 0 Å². The Hall–Kier alpha value is 0.0900. The molecule has 0 aromatic carbocycles. The molecule has 0 radical (unpaired) electrons. The van der Waals surface area contributed by atoms with E-state index >= 15 is 0 Å². The van der Waals surface area contributed by atoms with Gasteiger partial charge in [0.1, 0.15) is 0 Å². The van der Waals surface area contributed by atoms with Crippen LogP contribution in [0, 0.1) is 10.2 Å². The Morgan fingerprint density at radius 2 is 0.857 bits per heavy atom. The van der Waals surface area contributed by atoms with E-state index in [1.54, 1.807) is 0 Å². The molecule has 0 amide bonds. The predicted octanol–water partition coefficient (Wildman–Crippen LogP) is -3.74. The molecular formula is CH8ClNO4. The lowest BCUT2D eigenvalue weighted by atomic mass is 12.0. The Labute approximate surface area is 43.5 Å². The lowest BCUT2D eigenvalue weighted by Gasteiger charge is -2.17. The van der Waals surface area contributed by atoms with E-state index in [2.05, 4.69) is 0 Å². The van der Waals surface area contributed by atoms with Gasteiger partial charge in [-0.15, -0.1) is 10.2 Å². The van der Waals surface area contributed by atoms with Crippen LogP contribution in [0.25, 0.3) is 0 Å². The van der Waals surface area contributed by atoms with Crippen LogP contribution in [0.15, 0.2) is 0 Å². The van der Waals surface area contributed by atoms with Crippen molar-refractivity contribution >= 4 is 0 Å². The maximum atomic E-state index is 8.49. The SMILES string of the molecule is C.[NH4+].[O-][Cl+3]([O-])([O-])[O-]. The van der Waals surface area contributed by atoms with Crippen molar-refractivity contribution in [2.24, 2.45) is 0 Å². The second-order valence-electron chi connectivity index (χ2n) is 0.378. The topological polar surface area (TPSA) is 129 Å². The molecule has 0 aromatic heterocycles. The molecule has 48 valence electrons. The second-order valence-corrected chi connectivity index (χ2v) is 1.13. The van der Waals surface area contributed by atoms with E-state index in [0.717, 1.165) is 0 Å². The fourth-order valence-corrected chi connectivity index (χ4v) is 0. The minimum atomic E-state index is -4.94. The van der Waals surface area contributed by atoms with E-state index in [0.29, 0.717) is 0 Å². The van der Waals surface area contributed by atoms with Gasteiger partial charge in [0.25, 0.3) is 0 Å². The number of rotatable bonds is 0. The first-order valence-corrected chi connectivity index (χ1v) is 1.85. The molecule has 5 nitrogen and oxygen atoms in total. The zero-order valence-electron chi connectivity index (χ0n) is 3.01. The summed E-state index contributed by atoms with van der Waals surface area (Å²) in [6, 6.07) is 0. The smallest absolute Gasteiger partial charge is 0.0776 e. The van der Waals surface area contributed by atoms with Crippen LogP contribution < -0.4 is 24.8 Å². The summed E-state index contributed by atoms with van der Waals surface area (Å²) >= 11 is 0. The van der Waals surface area contributed by atoms with Crippen LogP contribution in [0.2, 0.25) is 0 Å². The Morgan fingerprint density at radius 3 is 0.857 bits per heavy atom. The molecule has 0 atom stereocenters. The standard InChI is InChI=1S/CH4.ClHO4.H3N/c;2-1(3,4)5;/h1H4;(H,2,3,4,5);1H3. The Bertz CT molecular complexity index is 27.2. The highest BCUT2D eigenvalue weighted by Gasteiger charge is 1.84. The molecule has 0 rings (SSSR count). The highest BCUT2D eigenvalue weighted by atomic mass is 35.7. The number of quaternary nitrogens is 1. The summed E-state index contributed by atoms with van der Waals surface area (Å²) in [5.74, 6) is 0. The molecule has 4 N–H and O–H groups in total. The summed E-state index contributed by atoms with van der Waals surface area (Å²) in [5.41, 5.74) is 0. The van der Waals surface area contributed by atoms with Gasteiger partial charge in [0, 0.05) is 0 Å². The molecule has 0 saturated carbocycles. The summed E-state index contributed by atoms with van der Waals surface area (Å²) in [4.78, 5) is 0. The van der Waals surface area contributed by atoms with Gasteiger partial charge in [-0.05, 0) is 0 Å². The largest absolute Gasteiger partial charge is 0.369 e. The second kappa shape index (κ2) is 4.25. The third kappa shape index (κ3) is 12600. The molecule has 7 heavy (non-hydrogen) atoms. The van der Waals surface area contributed by atoms with Crippen molar-refractivity contribution in [2.75, 3.05) is 0 Å². The van der Waals surface area contributed by atoms with Gasteiger partial charge in [0.2, 0.25) is 0 Å². The zero-order valence-corrected chi connectivity index (χ0v) is 3.77. The number of halogens is 1. The molecule has 0 bridgehead atoms. The average Bonchev–Trinajstić information content (AvgIpc) is 0.722. The van der Waals surface area contributed by atoms with Crippen molar-refractivity contribution in [1.82, 2.24) is 6.15 Å². The lowest BCUT2D eigenvalue weighted by molar-refractivity contribution is -2.00. The Morgan fingerprint density at radius 1 is 0.857 bits per heavy atom. The molecule has 0 aliphatic carbocycles. The average molecular weight is 134 g/mol. The van der Waals surface area contributed by atoms with Gasteiger partial charge in [-0.1, -0.05) is 7.43 Å². The molecule has 0 aliphatic heterocycles. The van der Waals surface area contributed by atoms with Crippen molar-refractivity contribution in [3.8, 4) is 0 Å². The molecular weight excluding hydrogens is 125 g/mol. The first kappa shape index (κ1) is 15.7. The first-order chi connectivity index (χ1) is 2.00. The lowest BCUT2D eigenvalue weighted by Crippen LogP contribution is -2.68. The van der Waals surface area contributed by atoms with Gasteiger partial charge in [-0.3, -0.25) is 0 Å². The van der Waals surface area contributed by atoms with Gasteiger partial charge in [-0.2, -0.15) is 0 Å². The van der Waals surface area contributed by atoms with Crippen molar-refractivity contribution < 1.29 is 28.9 Å². The van der Waals surface area contributed by atoms with E-state index in [1.807, 2.05) is 0 Å². The zero-order chi connectivity index (χ0) is 4.50. The molecule has 0 saturated heterocycles. The third-order valence-corrected chi connectivity index (χ3v) is 0. The molecule has 0 fully saturated rings. The summed E-state index contributed by atoms with van der Waals surface area (Å²) in [6.45, 7) is 0. The van der Waals surface area contributed by atoms with E-state index in [1.165, 1.54) is 0 Å². The number of hydrogen-bond acceptors (Lipinski definition) is 4. The normalized spacial score (nSPS) is 8.57. The molecule has 6 heteroatoms. The van der Waals surface area contributed by atoms with Crippen molar-refractivity contribution in [3.05, 3.63) is 0 Å². The molecule has 0 aliphatic rings. The van der Waals surface area contributed by atoms with E-state index < -0.39 is 10.2 Å². The monoisotopic (exact) mass is 133 g/mol. The van der Waals surface area contributed by atoms with Gasteiger partial charge in [0.05, 0.1) is 0 Å². The van der Waals surface area contributed by atoms with Gasteiger partial charge < -0.3 is 6.15 Å². The maximum absolute atomic E-state index is 8.49. The fraction of sp³-hybridized carbons (Fsp3) is 1.00. The van der Waals surface area contributed by atoms with Gasteiger partial charge >= 0.3 is 0 Å². The molecule has 0 heterocycles. The van der Waals surface area contributed by atoms with Crippen LogP contribution in [0.5, 0.6) is 0 Å². The highest BCUT2D eigenvalue weighted by Crippen LogP contribution is 1.49. The number of hydrogen-bond donors (Lipinski definition) is 1. The van der Waals surface area contributed by atoms with Gasteiger partial charge in [-0.25, -0.2) is 18.6 Å². The van der Waals surface area contributed by atoms with Crippen LogP contribution >= 0.6 is 0 Å². The quantitative estimate of drug-likeness (QED) is 0.364. The minimum Gasteiger partial charge on any atom is -0.369 e. The molecule has 0 aromatic rings. The highest BCUT2D eigenvalue weighted by molar-refractivity contribution is 2.50. The summed E-state index contributed by atoms with van der Waals surface area (Å²) in [6.07, 6.45) is 0. The van der Waals surface area contributed by atoms with Crippen molar-refractivity contribution in [1.29, 1.82) is 0 Å². The van der Waals surface area contributed by atoms with E-state index in [-0.39, 0.29) is 13.6 Å². The summed E-state index contributed by atoms with van der Waals surface area (Å²) in [5, 5.41) is 0. The summed E-state index contributed by atoms with van der Waals surface area (Å²) < 4.78 is 34.0. The predicted molar refractivity (Wildman–Crippen MR) is 12.7 cm³/mol. The molecule has 0 spiro atoms. The Kier molecular flexibility index (Phi) is 9.55. The summed E-state index contributed by atoms with van der Waals surface area (Å²) in [7, 11) is -4.94. The first-order valence-electron chi connectivity index (χ1n) is 0.617. The van der Waals surface area contributed by atoms with Crippen LogP contribution in [-0.2, 0) is 0 Å². The van der Waals surface area contributed by atoms with Crippen LogP contribution in [0.1, 0.15) is 7.43 Å². The maximum Gasteiger partial charge on any atom is -0.0776 e. The molecule has 0 unspecified atom stereocenters. The van der Waals surface area contributed by atoms with Crippen LogP contribution in [0.3, 0.4) is 0 Å².